The van der Waals surface area contributed by atoms with Gasteiger partial charge in [0.1, 0.15) is 11.2 Å². The summed E-state index contributed by atoms with van der Waals surface area (Å²) in [6, 6.07) is 56.7. The lowest BCUT2D eigenvalue weighted by Gasteiger charge is -2.25. The normalized spacial score (nSPS) is 13.3. The van der Waals surface area contributed by atoms with Gasteiger partial charge >= 0.3 is 0 Å². The third-order valence-corrected chi connectivity index (χ3v) is 11.6. The summed E-state index contributed by atoms with van der Waals surface area (Å²) in [5.41, 5.74) is 17.9. The quantitative estimate of drug-likeness (QED) is 0.161. The number of para-hydroxylation sites is 3. The molecule has 54 heavy (non-hydrogen) atoms. The Bertz CT molecular complexity index is 2910. The molecule has 1 aliphatic rings. The number of rotatable bonds is 6. The van der Waals surface area contributed by atoms with E-state index in [0.717, 1.165) is 44.6 Å². The zero-order valence-electron chi connectivity index (χ0n) is 31.0. The molecular weight excluding hydrogens is 657 g/mol. The van der Waals surface area contributed by atoms with Gasteiger partial charge < -0.3 is 13.9 Å². The van der Waals surface area contributed by atoms with Gasteiger partial charge in [-0.3, -0.25) is 0 Å². The lowest BCUT2D eigenvalue weighted by atomic mass is 9.81. The molecule has 0 aliphatic heterocycles. The highest BCUT2D eigenvalue weighted by Crippen LogP contribution is 2.51. The summed E-state index contributed by atoms with van der Waals surface area (Å²) < 4.78 is 8.56. The van der Waals surface area contributed by atoms with Crippen LogP contribution in [-0.2, 0) is 5.41 Å². The first-order valence-corrected chi connectivity index (χ1v) is 18.8. The van der Waals surface area contributed by atoms with Crippen LogP contribution in [-0.4, -0.2) is 4.57 Å². The molecule has 0 spiro atoms. The van der Waals surface area contributed by atoms with Gasteiger partial charge in [-0.05, 0) is 126 Å². The second-order valence-electron chi connectivity index (χ2n) is 15.1. The Labute approximate surface area is 316 Å². The maximum atomic E-state index is 6.14. The Balaban J connectivity index is 0.968. The van der Waals surface area contributed by atoms with Gasteiger partial charge in [0, 0.05) is 50.0 Å². The topological polar surface area (TPSA) is 21.3 Å². The van der Waals surface area contributed by atoms with Crippen molar-refractivity contribution in [1.29, 1.82) is 0 Å². The highest BCUT2D eigenvalue weighted by molar-refractivity contribution is 6.06. The largest absolute Gasteiger partial charge is 0.456 e. The van der Waals surface area contributed by atoms with Gasteiger partial charge in [0.05, 0.1) is 5.52 Å². The first-order chi connectivity index (χ1) is 26.3. The molecule has 10 rings (SSSR count). The molecular formula is C51H40N2O. The van der Waals surface area contributed by atoms with E-state index in [0.29, 0.717) is 0 Å². The van der Waals surface area contributed by atoms with Crippen LogP contribution in [0.5, 0.6) is 0 Å². The molecule has 7 aromatic carbocycles. The van der Waals surface area contributed by atoms with E-state index in [1.807, 2.05) is 12.1 Å². The summed E-state index contributed by atoms with van der Waals surface area (Å²) >= 11 is 0. The Morgan fingerprint density at radius 1 is 0.519 bits per heavy atom. The van der Waals surface area contributed by atoms with Gasteiger partial charge in [-0.1, -0.05) is 111 Å². The molecule has 0 bridgehead atoms. The molecule has 0 unspecified atom stereocenters. The minimum Gasteiger partial charge on any atom is -0.456 e. The fraction of sp³-hybridized carbons (Fsp3) is 0.0980. The number of hydrogen-bond donors (Lipinski definition) is 0. The number of aromatic nitrogens is 1. The molecule has 2 heterocycles. The zero-order chi connectivity index (χ0) is 36.6. The second kappa shape index (κ2) is 12.2. The van der Waals surface area contributed by atoms with E-state index in [-0.39, 0.29) is 5.41 Å². The summed E-state index contributed by atoms with van der Waals surface area (Å²) in [4.78, 5) is 2.31. The van der Waals surface area contributed by atoms with Crippen molar-refractivity contribution in [1.82, 2.24) is 4.57 Å². The number of anilines is 3. The Kier molecular flexibility index (Phi) is 7.28. The average molecular weight is 697 g/mol. The predicted octanol–water partition coefficient (Wildman–Crippen LogP) is 14.1. The van der Waals surface area contributed by atoms with Gasteiger partial charge in [-0.2, -0.15) is 0 Å². The summed E-state index contributed by atoms with van der Waals surface area (Å²) in [5, 5.41) is 3.57. The summed E-state index contributed by atoms with van der Waals surface area (Å²) in [7, 11) is 0. The van der Waals surface area contributed by atoms with Gasteiger partial charge in [-0.25, -0.2) is 0 Å². The molecule has 0 atom stereocenters. The highest BCUT2D eigenvalue weighted by atomic mass is 16.3. The highest BCUT2D eigenvalue weighted by Gasteiger charge is 2.36. The van der Waals surface area contributed by atoms with Crippen LogP contribution in [0.2, 0.25) is 0 Å². The first-order valence-electron chi connectivity index (χ1n) is 18.8. The van der Waals surface area contributed by atoms with E-state index in [9.17, 15) is 0 Å². The molecule has 260 valence electrons. The van der Waals surface area contributed by atoms with E-state index in [4.69, 9.17) is 4.42 Å². The van der Waals surface area contributed by atoms with Gasteiger partial charge in [0.15, 0.2) is 0 Å². The summed E-state index contributed by atoms with van der Waals surface area (Å²) in [6.45, 7) is 9.24. The third-order valence-electron chi connectivity index (χ3n) is 11.6. The SMILES string of the molecule is Cc1c(C)n(-c2ccccc2)c2cc3c(cc12)-c1ccc(C=Cc2ccc(N(c4ccccc4)c4ccc5oc6ccccc6c5c4)cc2)cc1C3(C)C. The lowest BCUT2D eigenvalue weighted by Crippen LogP contribution is -2.15. The summed E-state index contributed by atoms with van der Waals surface area (Å²) in [6.07, 6.45) is 4.47. The summed E-state index contributed by atoms with van der Waals surface area (Å²) in [5.74, 6) is 0. The number of nitrogens with zero attached hydrogens (tertiary/aromatic N) is 2. The van der Waals surface area contributed by atoms with E-state index < -0.39 is 0 Å². The van der Waals surface area contributed by atoms with Gasteiger partial charge in [0.2, 0.25) is 0 Å². The zero-order valence-corrected chi connectivity index (χ0v) is 31.0. The molecule has 0 N–H and O–H groups in total. The maximum Gasteiger partial charge on any atom is 0.135 e. The van der Waals surface area contributed by atoms with Crippen LogP contribution >= 0.6 is 0 Å². The predicted molar refractivity (Wildman–Crippen MR) is 228 cm³/mol. The van der Waals surface area contributed by atoms with Crippen LogP contribution in [0, 0.1) is 13.8 Å². The monoisotopic (exact) mass is 696 g/mol. The van der Waals surface area contributed by atoms with Crippen molar-refractivity contribution in [2.75, 3.05) is 4.90 Å². The van der Waals surface area contributed by atoms with Gasteiger partial charge in [0.25, 0.3) is 0 Å². The van der Waals surface area contributed by atoms with Crippen LogP contribution in [0.1, 0.15) is 47.4 Å². The van der Waals surface area contributed by atoms with E-state index in [2.05, 4.69) is 195 Å². The number of aryl methyl sites for hydroxylation is 1. The molecule has 0 radical (unpaired) electrons. The van der Waals surface area contributed by atoms with Crippen LogP contribution in [0.15, 0.2) is 162 Å². The van der Waals surface area contributed by atoms with Crippen LogP contribution in [0.25, 0.3) is 61.8 Å². The lowest BCUT2D eigenvalue weighted by molar-refractivity contribution is 0.660. The van der Waals surface area contributed by atoms with Crippen molar-refractivity contribution < 1.29 is 4.42 Å². The average Bonchev–Trinajstić information content (AvgIpc) is 3.78. The van der Waals surface area contributed by atoms with E-state index in [1.54, 1.807) is 0 Å². The molecule has 9 aromatic rings. The van der Waals surface area contributed by atoms with Crippen molar-refractivity contribution in [2.45, 2.75) is 33.1 Å². The van der Waals surface area contributed by atoms with Crippen molar-refractivity contribution in [2.24, 2.45) is 0 Å². The van der Waals surface area contributed by atoms with Gasteiger partial charge in [-0.15, -0.1) is 0 Å². The molecule has 0 amide bonds. The maximum absolute atomic E-state index is 6.14. The fourth-order valence-electron chi connectivity index (χ4n) is 8.63. The Morgan fingerprint density at radius 3 is 1.94 bits per heavy atom. The third kappa shape index (κ3) is 5.03. The smallest absolute Gasteiger partial charge is 0.135 e. The second-order valence-corrected chi connectivity index (χ2v) is 15.1. The Hall–Kier alpha value is -6.58. The van der Waals surface area contributed by atoms with E-state index >= 15 is 0 Å². The minimum absolute atomic E-state index is 0.120. The number of benzene rings is 7. The van der Waals surface area contributed by atoms with E-state index in [1.165, 1.54) is 55.7 Å². The number of furan rings is 1. The van der Waals surface area contributed by atoms with Crippen LogP contribution in [0.4, 0.5) is 17.1 Å². The molecule has 0 fully saturated rings. The molecule has 0 saturated carbocycles. The van der Waals surface area contributed by atoms with Crippen molar-refractivity contribution in [3.63, 3.8) is 0 Å². The van der Waals surface area contributed by atoms with Crippen LogP contribution < -0.4 is 4.90 Å². The Morgan fingerprint density at radius 2 is 1.15 bits per heavy atom. The standard InChI is InChI=1S/C51H40N2O/c1-33-34(2)52(37-13-7-5-8-14-37)48-32-47-44(31-43(33)48)41-27-23-36(29-46(41)51(47,3)4)20-19-35-21-24-39(25-22-35)53(38-15-9-6-10-16-38)40-26-28-50-45(30-40)42-17-11-12-18-49(42)54-50/h5-32H,1-4H3. The van der Waals surface area contributed by atoms with Crippen molar-refractivity contribution in [3.8, 4) is 16.8 Å². The number of hydrogen-bond acceptors (Lipinski definition) is 2. The number of fused-ring (bicyclic) bond motifs is 7. The molecule has 2 aromatic heterocycles. The molecule has 3 nitrogen and oxygen atoms in total. The first kappa shape index (κ1) is 32.1. The van der Waals surface area contributed by atoms with Crippen molar-refractivity contribution in [3.05, 3.63) is 191 Å². The van der Waals surface area contributed by atoms with Crippen LogP contribution in [0.3, 0.4) is 0 Å². The fourth-order valence-corrected chi connectivity index (χ4v) is 8.63. The molecule has 0 saturated heterocycles. The molecule has 3 heteroatoms. The molecule has 1 aliphatic carbocycles. The van der Waals surface area contributed by atoms with Crippen molar-refractivity contribution >= 4 is 62.1 Å². The minimum atomic E-state index is -0.120.